The second-order valence-corrected chi connectivity index (χ2v) is 6.16. The molecular formula is C16H19N3O3S. The number of carbonyl (C=O) groups is 2. The van der Waals surface area contributed by atoms with E-state index in [9.17, 15) is 14.7 Å². The van der Waals surface area contributed by atoms with Gasteiger partial charge in [-0.1, -0.05) is 12.1 Å². The number of aliphatic hydroxyl groups is 1. The van der Waals surface area contributed by atoms with Gasteiger partial charge in [0.05, 0.1) is 6.54 Å². The van der Waals surface area contributed by atoms with Gasteiger partial charge in [-0.05, 0) is 47.0 Å². The summed E-state index contributed by atoms with van der Waals surface area (Å²) in [6.07, 6.45) is 0. The molecule has 0 spiro atoms. The Morgan fingerprint density at radius 1 is 1.22 bits per heavy atom. The first-order valence-corrected chi connectivity index (χ1v) is 7.98. The highest BCUT2D eigenvalue weighted by atomic mass is 32.1. The Morgan fingerprint density at radius 3 is 2.48 bits per heavy atom. The number of hydrogen-bond donors (Lipinski definition) is 4. The number of benzene rings is 1. The van der Waals surface area contributed by atoms with Crippen LogP contribution >= 0.6 is 11.3 Å². The highest BCUT2D eigenvalue weighted by Crippen LogP contribution is 2.22. The summed E-state index contributed by atoms with van der Waals surface area (Å²) in [5, 5.41) is 19.3. The number of thiophene rings is 1. The fraction of sp³-hybridized carbons (Fsp3) is 0.250. The number of primary amides is 1. The normalized spacial score (nSPS) is 13.1. The van der Waals surface area contributed by atoms with E-state index in [0.717, 1.165) is 11.1 Å². The smallest absolute Gasteiger partial charge is 0.312 e. The van der Waals surface area contributed by atoms with E-state index in [0.29, 0.717) is 12.1 Å². The van der Waals surface area contributed by atoms with Gasteiger partial charge < -0.3 is 21.5 Å². The molecule has 1 aromatic carbocycles. The van der Waals surface area contributed by atoms with Crippen molar-refractivity contribution in [3.05, 3.63) is 57.8 Å². The molecule has 5 N–H and O–H groups in total. The molecule has 0 saturated carbocycles. The van der Waals surface area contributed by atoms with Crippen LogP contribution in [0.3, 0.4) is 0 Å². The molecule has 7 heteroatoms. The van der Waals surface area contributed by atoms with Gasteiger partial charge in [0.2, 0.25) is 0 Å². The number of amides is 3. The van der Waals surface area contributed by atoms with E-state index in [-0.39, 0.29) is 12.5 Å². The molecular weight excluding hydrogens is 314 g/mol. The van der Waals surface area contributed by atoms with Crippen molar-refractivity contribution in [1.29, 1.82) is 0 Å². The van der Waals surface area contributed by atoms with Crippen molar-refractivity contribution in [1.82, 2.24) is 10.6 Å². The van der Waals surface area contributed by atoms with E-state index >= 15 is 0 Å². The molecule has 0 unspecified atom stereocenters. The zero-order chi connectivity index (χ0) is 16.9. The van der Waals surface area contributed by atoms with Gasteiger partial charge >= 0.3 is 6.03 Å². The predicted molar refractivity (Wildman–Crippen MR) is 89.1 cm³/mol. The van der Waals surface area contributed by atoms with Gasteiger partial charge in [0.25, 0.3) is 5.91 Å². The van der Waals surface area contributed by atoms with Crippen molar-refractivity contribution < 1.29 is 14.7 Å². The largest absolute Gasteiger partial charge is 0.384 e. The van der Waals surface area contributed by atoms with Gasteiger partial charge in [0.1, 0.15) is 5.60 Å². The van der Waals surface area contributed by atoms with Crippen LogP contribution in [0.4, 0.5) is 4.79 Å². The van der Waals surface area contributed by atoms with Crippen LogP contribution in [0.15, 0.2) is 41.1 Å². The monoisotopic (exact) mass is 333 g/mol. The summed E-state index contributed by atoms with van der Waals surface area (Å²) in [6, 6.07) is 8.03. The van der Waals surface area contributed by atoms with Crippen LogP contribution in [-0.4, -0.2) is 23.6 Å². The number of rotatable bonds is 6. The lowest BCUT2D eigenvalue weighted by Crippen LogP contribution is -2.38. The quantitative estimate of drug-likeness (QED) is 0.644. The third-order valence-corrected chi connectivity index (χ3v) is 4.10. The molecule has 122 valence electrons. The van der Waals surface area contributed by atoms with Crippen molar-refractivity contribution in [3.63, 3.8) is 0 Å². The predicted octanol–water partition coefficient (Wildman–Crippen LogP) is 1.55. The number of carbonyl (C=O) groups excluding carboxylic acids is 2. The molecule has 0 aliphatic carbocycles. The van der Waals surface area contributed by atoms with E-state index in [4.69, 9.17) is 5.73 Å². The molecule has 0 fully saturated rings. The standard InChI is InChI=1S/C16H19N3O3S/c1-16(22,13-6-7-23-9-13)10-19-14(20)12-4-2-11(3-5-12)8-18-15(17)21/h2-7,9,22H,8,10H2,1H3,(H,19,20)(H3,17,18,21)/t16-/m1/s1. The molecule has 0 aliphatic rings. The van der Waals surface area contributed by atoms with Crippen molar-refractivity contribution in [2.45, 2.75) is 19.1 Å². The lowest BCUT2D eigenvalue weighted by Gasteiger charge is -2.22. The fourth-order valence-electron chi connectivity index (χ4n) is 1.99. The maximum atomic E-state index is 12.1. The summed E-state index contributed by atoms with van der Waals surface area (Å²) in [5.74, 6) is -0.269. The number of nitrogens with one attached hydrogen (secondary N) is 2. The number of hydrogen-bond acceptors (Lipinski definition) is 4. The minimum absolute atomic E-state index is 0.119. The number of nitrogens with two attached hydrogens (primary N) is 1. The molecule has 0 aliphatic heterocycles. The van der Waals surface area contributed by atoms with Crippen molar-refractivity contribution in [3.8, 4) is 0 Å². The van der Waals surface area contributed by atoms with Crippen LogP contribution in [-0.2, 0) is 12.1 Å². The van der Waals surface area contributed by atoms with E-state index in [2.05, 4.69) is 10.6 Å². The first-order chi connectivity index (χ1) is 10.9. The Morgan fingerprint density at radius 2 is 1.91 bits per heavy atom. The van der Waals surface area contributed by atoms with Crippen molar-refractivity contribution in [2.75, 3.05) is 6.54 Å². The molecule has 0 radical (unpaired) electrons. The topological polar surface area (TPSA) is 104 Å². The lowest BCUT2D eigenvalue weighted by atomic mass is 9.99. The van der Waals surface area contributed by atoms with Crippen LogP contribution in [0, 0.1) is 0 Å². The highest BCUT2D eigenvalue weighted by Gasteiger charge is 2.24. The van der Waals surface area contributed by atoms with Gasteiger partial charge in [-0.2, -0.15) is 11.3 Å². The molecule has 1 heterocycles. The Hall–Kier alpha value is -2.38. The van der Waals surface area contributed by atoms with Crippen LogP contribution in [0.2, 0.25) is 0 Å². The lowest BCUT2D eigenvalue weighted by molar-refractivity contribution is 0.0530. The van der Waals surface area contributed by atoms with E-state index in [1.807, 2.05) is 16.8 Å². The number of urea groups is 1. The van der Waals surface area contributed by atoms with Gasteiger partial charge in [-0.3, -0.25) is 4.79 Å². The summed E-state index contributed by atoms with van der Waals surface area (Å²) in [4.78, 5) is 22.8. The molecule has 0 bridgehead atoms. The molecule has 2 aromatic rings. The Kier molecular flexibility index (Phi) is 5.36. The van der Waals surface area contributed by atoms with Gasteiger partial charge in [0, 0.05) is 12.1 Å². The van der Waals surface area contributed by atoms with E-state index in [1.165, 1.54) is 11.3 Å². The molecule has 1 aromatic heterocycles. The third-order valence-electron chi connectivity index (χ3n) is 3.42. The molecule has 2 rings (SSSR count). The zero-order valence-corrected chi connectivity index (χ0v) is 13.5. The second-order valence-electron chi connectivity index (χ2n) is 5.38. The molecule has 23 heavy (non-hydrogen) atoms. The average molecular weight is 333 g/mol. The first kappa shape index (κ1) is 17.0. The van der Waals surface area contributed by atoms with Crippen molar-refractivity contribution in [2.24, 2.45) is 5.73 Å². The van der Waals surface area contributed by atoms with Crippen LogP contribution in [0.1, 0.15) is 28.4 Å². The maximum Gasteiger partial charge on any atom is 0.312 e. The SMILES string of the molecule is C[C@@](O)(CNC(=O)c1ccc(CNC(N)=O)cc1)c1ccsc1. The van der Waals surface area contributed by atoms with Crippen LogP contribution in [0.25, 0.3) is 0 Å². The summed E-state index contributed by atoms with van der Waals surface area (Å²) >= 11 is 1.49. The highest BCUT2D eigenvalue weighted by molar-refractivity contribution is 7.08. The summed E-state index contributed by atoms with van der Waals surface area (Å²) in [6.45, 7) is 2.09. The minimum Gasteiger partial charge on any atom is -0.384 e. The maximum absolute atomic E-state index is 12.1. The van der Waals surface area contributed by atoms with Gasteiger partial charge in [-0.25, -0.2) is 4.79 Å². The minimum atomic E-state index is -1.11. The third kappa shape index (κ3) is 4.80. The Balaban J connectivity index is 1.92. The van der Waals surface area contributed by atoms with Crippen molar-refractivity contribution >= 4 is 23.3 Å². The molecule has 1 atom stereocenters. The summed E-state index contributed by atoms with van der Waals surface area (Å²) < 4.78 is 0. The fourth-order valence-corrected chi connectivity index (χ4v) is 2.77. The molecule has 3 amide bonds. The second kappa shape index (κ2) is 7.26. The Labute approximate surface area is 138 Å². The summed E-state index contributed by atoms with van der Waals surface area (Å²) in [7, 11) is 0. The van der Waals surface area contributed by atoms with Gasteiger partial charge in [-0.15, -0.1) is 0 Å². The van der Waals surface area contributed by atoms with E-state index < -0.39 is 11.6 Å². The zero-order valence-electron chi connectivity index (χ0n) is 12.7. The molecule has 0 saturated heterocycles. The van der Waals surface area contributed by atoms with Gasteiger partial charge in [0.15, 0.2) is 0 Å². The summed E-state index contributed by atoms with van der Waals surface area (Å²) in [5.41, 5.74) is 5.98. The van der Waals surface area contributed by atoms with Crippen LogP contribution in [0.5, 0.6) is 0 Å². The average Bonchev–Trinajstić information content (AvgIpc) is 3.06. The van der Waals surface area contributed by atoms with Crippen LogP contribution < -0.4 is 16.4 Å². The first-order valence-electron chi connectivity index (χ1n) is 7.04. The Bertz CT molecular complexity index is 666. The molecule has 6 nitrogen and oxygen atoms in total. The van der Waals surface area contributed by atoms with E-state index in [1.54, 1.807) is 31.2 Å².